The fourth-order valence-corrected chi connectivity index (χ4v) is 6.88. The third-order valence-corrected chi connectivity index (χ3v) is 13.4. The highest BCUT2D eigenvalue weighted by molar-refractivity contribution is 7.84. The topological polar surface area (TPSA) is 184 Å². The van der Waals surface area contributed by atoms with E-state index >= 15 is 0 Å². The second kappa shape index (κ2) is 32.2. The first-order chi connectivity index (χ1) is 30.7. The van der Waals surface area contributed by atoms with Gasteiger partial charge in [0.2, 0.25) is 0 Å². The van der Waals surface area contributed by atoms with E-state index in [4.69, 9.17) is 26.8 Å². The number of amides is 3. The number of carbonyl (C=O) groups excluding carboxylic acids is 3. The van der Waals surface area contributed by atoms with E-state index in [0.29, 0.717) is 17.2 Å². The molecule has 0 aromatic heterocycles. The third-order valence-electron chi connectivity index (χ3n) is 9.57. The molecular weight excluding hydrogens is 948 g/mol. The van der Waals surface area contributed by atoms with Crippen LogP contribution in [0.5, 0.6) is 17.2 Å². The molecule has 0 aliphatic carbocycles. The predicted octanol–water partition coefficient (Wildman–Crippen LogP) is 10.2. The van der Waals surface area contributed by atoms with Crippen LogP contribution in [0, 0.1) is 20.8 Å². The zero-order valence-corrected chi connectivity index (χ0v) is 47.2. The first kappa shape index (κ1) is 66.3. The highest BCUT2D eigenvalue weighted by Crippen LogP contribution is 2.23. The van der Waals surface area contributed by atoms with Gasteiger partial charge in [-0.15, -0.1) is 12.4 Å². The van der Waals surface area contributed by atoms with Crippen LogP contribution >= 0.6 is 24.0 Å². The van der Waals surface area contributed by atoms with Gasteiger partial charge >= 0.3 is 17.6 Å². The summed E-state index contributed by atoms with van der Waals surface area (Å²) in [5.41, 5.74) is 12.1. The molecule has 3 rings (SSSR count). The molecule has 0 aliphatic heterocycles. The molecule has 68 heavy (non-hydrogen) atoms. The molecule has 0 bridgehead atoms. The van der Waals surface area contributed by atoms with Gasteiger partial charge in [-0.1, -0.05) is 36.4 Å². The molecule has 3 aromatic carbocycles. The van der Waals surface area contributed by atoms with Crippen LogP contribution in [-0.2, 0) is 41.2 Å². The van der Waals surface area contributed by atoms with Crippen LogP contribution < -0.4 is 24.7 Å². The van der Waals surface area contributed by atoms with E-state index in [-0.39, 0.29) is 52.2 Å². The number of aryl methyl sites for hydroxylation is 6. The molecule has 5 N–H and O–H groups in total. The van der Waals surface area contributed by atoms with Crippen molar-refractivity contribution >= 4 is 63.5 Å². The Labute approximate surface area is 425 Å². The normalized spacial score (nSPS) is 13.1. The lowest BCUT2D eigenvalue weighted by Gasteiger charge is -2.22. The summed E-state index contributed by atoms with van der Waals surface area (Å²) in [5.74, 6) is 1.53. The molecular formula is C50H84Cl2N6O8S2. The molecule has 5 atom stereocenters. The van der Waals surface area contributed by atoms with Crippen molar-refractivity contribution in [1.29, 1.82) is 0 Å². The van der Waals surface area contributed by atoms with Gasteiger partial charge in [-0.3, -0.25) is 4.79 Å². The lowest BCUT2D eigenvalue weighted by Crippen LogP contribution is -2.38. The highest BCUT2D eigenvalue weighted by atomic mass is 35.5. The van der Waals surface area contributed by atoms with Crippen LogP contribution in [-0.4, -0.2) is 116 Å². The summed E-state index contributed by atoms with van der Waals surface area (Å²) >= 11 is 4.90. The van der Waals surface area contributed by atoms with Crippen molar-refractivity contribution in [2.45, 2.75) is 149 Å². The molecule has 388 valence electrons. The molecule has 3 amide bonds. The van der Waals surface area contributed by atoms with Crippen LogP contribution in [0.3, 0.4) is 0 Å². The minimum atomic E-state index is -1.06. The van der Waals surface area contributed by atoms with Crippen LogP contribution in [0.1, 0.15) is 115 Å². The highest BCUT2D eigenvalue weighted by Gasteiger charge is 2.22. The fraction of sp³-hybridized carbons (Fsp3) is 0.580. The molecule has 3 aromatic rings. The van der Waals surface area contributed by atoms with Crippen molar-refractivity contribution in [2.24, 2.45) is 5.73 Å². The Kier molecular flexibility index (Phi) is 31.4. The number of nitrogens with zero attached hydrogens (tertiary/aromatic N) is 3. The largest absolute Gasteiger partial charge is 0.508 e. The second-order valence-electron chi connectivity index (χ2n) is 19.4. The number of phenols is 1. The molecule has 18 heteroatoms. The number of nitrogens with one attached hydrogen (secondary N) is 2. The number of phenolic OH excluding ortho intramolecular Hbond substituents is 1. The Balaban J connectivity index is 0. The first-order valence-corrected chi connectivity index (χ1v) is 25.2. The van der Waals surface area contributed by atoms with E-state index in [0.717, 1.165) is 55.2 Å². The average Bonchev–Trinajstić information content (AvgIpc) is 3.21. The van der Waals surface area contributed by atoms with Crippen molar-refractivity contribution in [3.8, 4) is 17.2 Å². The van der Waals surface area contributed by atoms with E-state index in [2.05, 4.69) is 16.4 Å². The Morgan fingerprint density at radius 3 is 1.19 bits per heavy atom. The molecule has 0 spiro atoms. The molecule has 0 heterocycles. The second-order valence-corrected chi connectivity index (χ2v) is 23.7. The van der Waals surface area contributed by atoms with Crippen LogP contribution in [0.2, 0.25) is 0 Å². The Morgan fingerprint density at radius 2 is 0.926 bits per heavy atom. The van der Waals surface area contributed by atoms with Crippen molar-refractivity contribution in [3.05, 3.63) is 88.0 Å². The Hall–Kier alpha value is -3.77. The zero-order chi connectivity index (χ0) is 52.0. The van der Waals surface area contributed by atoms with Crippen molar-refractivity contribution < 1.29 is 37.4 Å². The number of carbonyl (C=O) groups is 3. The maximum absolute atomic E-state index is 12.1. The van der Waals surface area contributed by atoms with E-state index in [1.165, 1.54) is 31.4 Å². The van der Waals surface area contributed by atoms with E-state index in [1.807, 2.05) is 125 Å². The summed E-state index contributed by atoms with van der Waals surface area (Å²) in [5, 5.41) is 9.04. The standard InChI is InChI=1S/C18H30N2O3S.C15H25NO2S.C14H22N2O2.C3H6ClNO.ClH/c1-13-12-15(10-11-16(13)23-17(21)20(6)7)9-8-14(2)19-24(22)18(3,4)5;1-11-10-13(8-9-14(11)17)7-6-12(2)16-19(18)15(3,4)5;1-10-9-12(6-5-11(2)15)7-8-13(10)18-14(17)16(3)4;1-5(2)3(4)6;/h10-12,14,19H,8-9H2,1-7H3;8-10,12,16-17H,6-7H2,1-5H3;7-9,11H,5-6,15H2,1-4H3;1-2H3;1H/t14-,24-;12-,19-;11-;;/m111../s1. The van der Waals surface area contributed by atoms with Crippen LogP contribution in [0.25, 0.3) is 0 Å². The minimum absolute atomic E-state index is 0. The minimum Gasteiger partial charge on any atom is -0.508 e. The number of hydrogen-bond acceptors (Lipinski definition) is 9. The van der Waals surface area contributed by atoms with Crippen LogP contribution in [0.15, 0.2) is 54.6 Å². The quantitative estimate of drug-likeness (QED) is 0.0850. The third kappa shape index (κ3) is 28.7. The fourth-order valence-electron chi connectivity index (χ4n) is 5.20. The van der Waals surface area contributed by atoms with Gasteiger partial charge in [0.15, 0.2) is 0 Å². The van der Waals surface area contributed by atoms with Crippen molar-refractivity contribution in [2.75, 3.05) is 42.3 Å². The number of hydrogen-bond donors (Lipinski definition) is 4. The number of halogens is 2. The van der Waals surface area contributed by atoms with Gasteiger partial charge in [0, 0.05) is 60.4 Å². The number of benzene rings is 3. The maximum atomic E-state index is 12.1. The van der Waals surface area contributed by atoms with Crippen molar-refractivity contribution in [1.82, 2.24) is 24.1 Å². The zero-order valence-electron chi connectivity index (χ0n) is 44.0. The molecule has 0 saturated carbocycles. The van der Waals surface area contributed by atoms with Gasteiger partial charge in [-0.2, -0.15) is 0 Å². The van der Waals surface area contributed by atoms with Gasteiger partial charge in [-0.25, -0.2) is 27.5 Å². The lowest BCUT2D eigenvalue weighted by atomic mass is 10.0. The predicted molar refractivity (Wildman–Crippen MR) is 286 cm³/mol. The summed E-state index contributed by atoms with van der Waals surface area (Å²) in [6.45, 7) is 23.6. The molecule has 0 unspecified atom stereocenters. The summed E-state index contributed by atoms with van der Waals surface area (Å²) in [4.78, 5) is 37.0. The van der Waals surface area contributed by atoms with Crippen molar-refractivity contribution in [3.63, 3.8) is 0 Å². The summed E-state index contributed by atoms with van der Waals surface area (Å²) < 4.78 is 40.4. The van der Waals surface area contributed by atoms with Gasteiger partial charge in [0.1, 0.15) is 17.2 Å². The molecule has 14 nitrogen and oxygen atoms in total. The summed E-state index contributed by atoms with van der Waals surface area (Å²) in [6, 6.07) is 17.9. The van der Waals surface area contributed by atoms with Gasteiger partial charge in [0.05, 0.1) is 31.5 Å². The van der Waals surface area contributed by atoms with Crippen LogP contribution in [0.4, 0.5) is 14.4 Å². The first-order valence-electron chi connectivity index (χ1n) is 22.5. The van der Waals surface area contributed by atoms with Gasteiger partial charge < -0.3 is 35.0 Å². The van der Waals surface area contributed by atoms with Gasteiger partial charge in [0.25, 0.3) is 0 Å². The van der Waals surface area contributed by atoms with E-state index in [9.17, 15) is 27.9 Å². The maximum Gasteiger partial charge on any atom is 0.414 e. The number of nitrogens with two attached hydrogens (primary N) is 1. The van der Waals surface area contributed by atoms with E-state index in [1.54, 1.807) is 48.4 Å². The smallest absolute Gasteiger partial charge is 0.414 e. The van der Waals surface area contributed by atoms with Gasteiger partial charge in [-0.05, 0) is 185 Å². The Morgan fingerprint density at radius 1 is 0.618 bits per heavy atom. The SMILES string of the molecule is CN(C)C(=O)Cl.Cc1cc(CC[C@@H](C)N)ccc1OC(=O)N(C)C.Cc1cc(CC[C@@H](C)N[S@](=O)C(C)(C)C)ccc1O.Cc1cc(CC[C@@H](C)N[S@](=O)C(C)(C)C)ccc1OC(=O)N(C)C.Cl. The number of rotatable bonds is 15. The molecule has 0 fully saturated rings. The average molecular weight is 1030 g/mol. The van der Waals surface area contributed by atoms with E-state index < -0.39 is 27.3 Å². The molecule has 0 aliphatic rings. The lowest BCUT2D eigenvalue weighted by molar-refractivity contribution is 0.170. The summed E-state index contributed by atoms with van der Waals surface area (Å²) in [7, 11) is 7.74. The Bertz CT molecular complexity index is 2060. The molecule has 0 radical (unpaired) electrons. The number of ether oxygens (including phenoxy) is 2. The molecule has 0 saturated heterocycles. The number of aromatic hydroxyl groups is 1. The monoisotopic (exact) mass is 1030 g/mol. The summed E-state index contributed by atoms with van der Waals surface area (Å²) in [6.07, 6.45) is 4.75.